The Kier molecular flexibility index (Phi) is 4.88. The maximum atomic E-state index is 15.0. The van der Waals surface area contributed by atoms with Crippen LogP contribution >= 0.6 is 11.6 Å². The molecule has 0 spiro atoms. The van der Waals surface area contributed by atoms with E-state index in [1.165, 1.54) is 12.5 Å². The molecule has 4 aromatic rings. The van der Waals surface area contributed by atoms with Crippen LogP contribution in [0.4, 0.5) is 10.2 Å². The molecule has 3 aromatic heterocycles. The molecule has 1 atom stereocenters. The number of aryl methyl sites for hydroxylation is 1. The van der Waals surface area contributed by atoms with E-state index in [1.807, 2.05) is 4.90 Å². The zero-order valence-corrected chi connectivity index (χ0v) is 18.3. The maximum absolute atomic E-state index is 15.0. The summed E-state index contributed by atoms with van der Waals surface area (Å²) in [4.78, 5) is 28.8. The fourth-order valence-corrected chi connectivity index (χ4v) is 4.67. The van der Waals surface area contributed by atoms with Crippen LogP contribution in [0, 0.1) is 5.82 Å². The van der Waals surface area contributed by atoms with Gasteiger partial charge in [0.1, 0.15) is 34.8 Å². The Balaban J connectivity index is 1.54. The maximum Gasteiger partial charge on any atom is 0.261 e. The summed E-state index contributed by atoms with van der Waals surface area (Å²) in [7, 11) is 0. The first-order valence-corrected chi connectivity index (χ1v) is 11.1. The second kappa shape index (κ2) is 7.93. The Bertz CT molecular complexity index is 1420. The van der Waals surface area contributed by atoms with Gasteiger partial charge in [0.2, 0.25) is 0 Å². The number of oxazole rings is 1. The van der Waals surface area contributed by atoms with Crippen LogP contribution in [0.15, 0.2) is 46.1 Å². The normalized spacial score (nSPS) is 18.1. The number of rotatable bonds is 3. The Labute approximate surface area is 192 Å². The van der Waals surface area contributed by atoms with Gasteiger partial charge < -0.3 is 14.1 Å². The van der Waals surface area contributed by atoms with Crippen LogP contribution in [0.3, 0.4) is 0 Å². The van der Waals surface area contributed by atoms with Gasteiger partial charge in [-0.2, -0.15) is 0 Å². The molecule has 1 saturated heterocycles. The number of nitrogens with zero attached hydrogens (tertiary/aromatic N) is 5. The SMILES string of the molecule is O=c1c2cc(N3CCOC(c4cnco4)C3)nc(-c3ccc(Cl)cc3F)c2nc2n1CCC2. The summed E-state index contributed by atoms with van der Waals surface area (Å²) in [5.41, 5.74) is 0.845. The van der Waals surface area contributed by atoms with Gasteiger partial charge in [-0.25, -0.2) is 19.3 Å². The average Bonchev–Trinajstić information content (AvgIpc) is 3.52. The molecule has 1 unspecified atom stereocenters. The van der Waals surface area contributed by atoms with Crippen molar-refractivity contribution in [3.63, 3.8) is 0 Å². The molecule has 168 valence electrons. The number of aromatic nitrogens is 4. The monoisotopic (exact) mass is 467 g/mol. The minimum Gasteiger partial charge on any atom is -0.446 e. The zero-order chi connectivity index (χ0) is 22.5. The summed E-state index contributed by atoms with van der Waals surface area (Å²) >= 11 is 5.98. The highest BCUT2D eigenvalue weighted by molar-refractivity contribution is 6.30. The number of pyridine rings is 1. The van der Waals surface area contributed by atoms with Gasteiger partial charge in [-0.1, -0.05) is 11.6 Å². The molecule has 8 nitrogen and oxygen atoms in total. The quantitative estimate of drug-likeness (QED) is 0.453. The minimum absolute atomic E-state index is 0.133. The first-order chi connectivity index (χ1) is 16.1. The van der Waals surface area contributed by atoms with Crippen molar-refractivity contribution in [1.29, 1.82) is 0 Å². The van der Waals surface area contributed by atoms with Crippen molar-refractivity contribution >= 4 is 28.3 Å². The molecule has 0 bridgehead atoms. The van der Waals surface area contributed by atoms with Crippen LogP contribution in [-0.4, -0.2) is 39.2 Å². The van der Waals surface area contributed by atoms with Crippen LogP contribution in [-0.2, 0) is 17.7 Å². The molecule has 6 rings (SSSR count). The number of hydrogen-bond donors (Lipinski definition) is 0. The summed E-state index contributed by atoms with van der Waals surface area (Å²) in [5, 5.41) is 0.700. The first kappa shape index (κ1) is 20.3. The summed E-state index contributed by atoms with van der Waals surface area (Å²) in [6.45, 7) is 2.09. The number of ether oxygens (including phenoxy) is 1. The summed E-state index contributed by atoms with van der Waals surface area (Å²) in [6.07, 6.45) is 4.22. The third kappa shape index (κ3) is 3.48. The molecule has 0 N–H and O–H groups in total. The molecular formula is C23H19ClFN5O3. The molecule has 2 aliphatic heterocycles. The molecular weight excluding hydrogens is 449 g/mol. The van der Waals surface area contributed by atoms with Gasteiger partial charge >= 0.3 is 0 Å². The van der Waals surface area contributed by atoms with E-state index in [2.05, 4.69) is 4.98 Å². The van der Waals surface area contributed by atoms with E-state index in [-0.39, 0.29) is 22.2 Å². The molecule has 33 heavy (non-hydrogen) atoms. The summed E-state index contributed by atoms with van der Waals surface area (Å²) in [5.74, 6) is 1.35. The van der Waals surface area contributed by atoms with Crippen LogP contribution in [0.2, 0.25) is 5.02 Å². The smallest absolute Gasteiger partial charge is 0.261 e. The molecule has 0 saturated carbocycles. The second-order valence-corrected chi connectivity index (χ2v) is 8.58. The van der Waals surface area contributed by atoms with Gasteiger partial charge in [0.05, 0.1) is 24.7 Å². The van der Waals surface area contributed by atoms with Crippen LogP contribution in [0.5, 0.6) is 0 Å². The van der Waals surface area contributed by atoms with Gasteiger partial charge in [0, 0.05) is 30.1 Å². The number of benzene rings is 1. The summed E-state index contributed by atoms with van der Waals surface area (Å²) in [6, 6.07) is 6.17. The van der Waals surface area contributed by atoms with Gasteiger partial charge in [0.15, 0.2) is 12.2 Å². The van der Waals surface area contributed by atoms with Gasteiger partial charge in [-0.3, -0.25) is 9.36 Å². The van der Waals surface area contributed by atoms with Crippen LogP contribution in [0.1, 0.15) is 24.1 Å². The zero-order valence-electron chi connectivity index (χ0n) is 17.5. The Morgan fingerprint density at radius 2 is 2.09 bits per heavy atom. The van der Waals surface area contributed by atoms with Gasteiger partial charge in [0.25, 0.3) is 5.56 Å². The highest BCUT2D eigenvalue weighted by Crippen LogP contribution is 2.33. The fourth-order valence-electron chi connectivity index (χ4n) is 4.52. The van der Waals surface area contributed by atoms with Crippen LogP contribution in [0.25, 0.3) is 22.2 Å². The largest absolute Gasteiger partial charge is 0.446 e. The highest BCUT2D eigenvalue weighted by atomic mass is 35.5. The van der Waals surface area contributed by atoms with Gasteiger partial charge in [-0.15, -0.1) is 0 Å². The Morgan fingerprint density at radius 3 is 2.91 bits per heavy atom. The lowest BCUT2D eigenvalue weighted by Gasteiger charge is -2.33. The number of hydrogen-bond acceptors (Lipinski definition) is 7. The van der Waals surface area contributed by atoms with Crippen LogP contribution < -0.4 is 10.5 Å². The lowest BCUT2D eigenvalue weighted by atomic mass is 10.1. The standard InChI is InChI=1S/C23H19ClFN5O3/c24-13-3-4-14(16(25)8-13)21-22-15(23(31)30-5-1-2-19(30)27-22)9-20(28-21)29-6-7-32-18(11-29)17-10-26-12-33-17/h3-4,8-10,12,18H,1-2,5-7,11H2. The van der Waals surface area contributed by atoms with E-state index < -0.39 is 5.82 Å². The predicted octanol–water partition coefficient (Wildman–Crippen LogP) is 3.76. The van der Waals surface area contributed by atoms with E-state index in [4.69, 9.17) is 30.7 Å². The number of anilines is 1. The number of fused-ring (bicyclic) bond motifs is 2. The van der Waals surface area contributed by atoms with E-state index >= 15 is 0 Å². The molecule has 0 radical (unpaired) electrons. The lowest BCUT2D eigenvalue weighted by molar-refractivity contribution is 0.0255. The molecule has 1 aromatic carbocycles. The van der Waals surface area contributed by atoms with E-state index in [9.17, 15) is 9.18 Å². The third-order valence-electron chi connectivity index (χ3n) is 6.13. The van der Waals surface area contributed by atoms with Crippen molar-refractivity contribution in [3.8, 4) is 11.3 Å². The number of morpholine rings is 1. The molecule has 1 fully saturated rings. The third-order valence-corrected chi connectivity index (χ3v) is 6.37. The second-order valence-electron chi connectivity index (χ2n) is 8.15. The Morgan fingerprint density at radius 1 is 1.18 bits per heavy atom. The average molecular weight is 468 g/mol. The molecule has 2 aliphatic rings. The van der Waals surface area contributed by atoms with Crippen molar-refractivity contribution < 1.29 is 13.5 Å². The van der Waals surface area contributed by atoms with E-state index in [0.29, 0.717) is 66.7 Å². The summed E-state index contributed by atoms with van der Waals surface area (Å²) < 4.78 is 27.9. The molecule has 0 amide bonds. The minimum atomic E-state index is -0.516. The first-order valence-electron chi connectivity index (χ1n) is 10.7. The fraction of sp³-hybridized carbons (Fsp3) is 0.304. The molecule has 10 heteroatoms. The molecule has 0 aliphatic carbocycles. The van der Waals surface area contributed by atoms with E-state index in [1.54, 1.807) is 29.0 Å². The number of halogens is 2. The predicted molar refractivity (Wildman–Crippen MR) is 120 cm³/mol. The highest BCUT2D eigenvalue weighted by Gasteiger charge is 2.28. The molecule has 5 heterocycles. The van der Waals surface area contributed by atoms with Crippen molar-refractivity contribution in [3.05, 3.63) is 69.6 Å². The van der Waals surface area contributed by atoms with E-state index in [0.717, 1.165) is 6.42 Å². The van der Waals surface area contributed by atoms with Gasteiger partial charge in [-0.05, 0) is 30.7 Å². The van der Waals surface area contributed by atoms with Crippen molar-refractivity contribution in [2.24, 2.45) is 0 Å². The van der Waals surface area contributed by atoms with Crippen molar-refractivity contribution in [2.45, 2.75) is 25.5 Å². The topological polar surface area (TPSA) is 86.3 Å². The lowest BCUT2D eigenvalue weighted by Crippen LogP contribution is -2.39. The van der Waals surface area contributed by atoms with Crippen molar-refractivity contribution in [2.75, 3.05) is 24.6 Å². The Hall–Kier alpha value is -3.30. The van der Waals surface area contributed by atoms with Crippen molar-refractivity contribution in [1.82, 2.24) is 19.5 Å².